The van der Waals surface area contributed by atoms with E-state index in [0.29, 0.717) is 17.2 Å². The molecule has 5 nitrogen and oxygen atoms in total. The minimum Gasteiger partial charge on any atom is -0.388 e. The van der Waals surface area contributed by atoms with Crippen LogP contribution < -0.4 is 16.4 Å². The van der Waals surface area contributed by atoms with E-state index in [2.05, 4.69) is 15.6 Å². The van der Waals surface area contributed by atoms with Crippen LogP contribution >= 0.6 is 12.2 Å². The first-order valence-electron chi connectivity index (χ1n) is 5.96. The second-order valence-electron chi connectivity index (χ2n) is 4.16. The van der Waals surface area contributed by atoms with Crippen LogP contribution in [0, 0.1) is 0 Å². The number of pyridine rings is 1. The van der Waals surface area contributed by atoms with E-state index in [4.69, 9.17) is 18.0 Å². The van der Waals surface area contributed by atoms with Gasteiger partial charge in [-0.15, -0.1) is 0 Å². The molecule has 1 aromatic heterocycles. The zero-order valence-corrected chi connectivity index (χ0v) is 11.7. The second kappa shape index (κ2) is 6.12. The average Bonchev–Trinajstić information content (AvgIpc) is 2.38. The third-order valence-corrected chi connectivity index (χ3v) is 2.67. The van der Waals surface area contributed by atoms with Gasteiger partial charge in [-0.3, -0.25) is 4.79 Å². The lowest BCUT2D eigenvalue weighted by Gasteiger charge is -2.09. The summed E-state index contributed by atoms with van der Waals surface area (Å²) in [5.41, 5.74) is 7.63. The number of amides is 1. The third kappa shape index (κ3) is 3.76. The van der Waals surface area contributed by atoms with Gasteiger partial charge in [0, 0.05) is 18.3 Å². The van der Waals surface area contributed by atoms with Gasteiger partial charge in [-0.05, 0) is 30.3 Å². The molecule has 0 bridgehead atoms. The molecule has 0 fully saturated rings. The predicted octanol–water partition coefficient (Wildman–Crippen LogP) is 2.42. The Hall–Kier alpha value is -2.47. The lowest BCUT2D eigenvalue weighted by atomic mass is 10.2. The van der Waals surface area contributed by atoms with Gasteiger partial charge >= 0.3 is 0 Å². The Morgan fingerprint density at radius 3 is 2.60 bits per heavy atom. The molecule has 0 saturated heterocycles. The summed E-state index contributed by atoms with van der Waals surface area (Å²) < 4.78 is 0. The number of carbonyl (C=O) groups is 1. The van der Waals surface area contributed by atoms with Gasteiger partial charge in [0.15, 0.2) is 0 Å². The molecular formula is C14H14N4OS. The molecule has 0 unspecified atom stereocenters. The van der Waals surface area contributed by atoms with Crippen molar-refractivity contribution in [3.63, 3.8) is 0 Å². The number of benzene rings is 1. The number of hydrogen-bond donors (Lipinski definition) is 3. The molecule has 2 aromatic rings. The van der Waals surface area contributed by atoms with Crippen LogP contribution in [0.4, 0.5) is 17.2 Å². The normalized spacial score (nSPS) is 9.85. The van der Waals surface area contributed by atoms with E-state index in [1.165, 1.54) is 6.92 Å². The Kier molecular flexibility index (Phi) is 4.27. The molecule has 0 radical (unpaired) electrons. The van der Waals surface area contributed by atoms with E-state index in [0.717, 1.165) is 5.69 Å². The fourth-order valence-corrected chi connectivity index (χ4v) is 1.78. The molecule has 0 aliphatic heterocycles. The number of hydrogen-bond acceptors (Lipinski definition) is 4. The van der Waals surface area contributed by atoms with Crippen molar-refractivity contribution in [1.29, 1.82) is 0 Å². The number of thiocarbonyl (C=S) groups is 1. The SMILES string of the molecule is CC(=O)Nc1cccc(Nc2cccc(C(N)=S)n2)c1. The summed E-state index contributed by atoms with van der Waals surface area (Å²) in [5.74, 6) is 0.519. The lowest BCUT2D eigenvalue weighted by molar-refractivity contribution is -0.114. The predicted molar refractivity (Wildman–Crippen MR) is 84.2 cm³/mol. The largest absolute Gasteiger partial charge is 0.388 e. The van der Waals surface area contributed by atoms with Gasteiger partial charge in [0.1, 0.15) is 10.8 Å². The van der Waals surface area contributed by atoms with Gasteiger partial charge in [-0.1, -0.05) is 24.4 Å². The van der Waals surface area contributed by atoms with Crippen LogP contribution in [0.1, 0.15) is 12.6 Å². The Balaban J connectivity index is 2.19. The molecule has 1 heterocycles. The van der Waals surface area contributed by atoms with Crippen LogP contribution in [0.15, 0.2) is 42.5 Å². The Labute approximate surface area is 122 Å². The molecule has 0 saturated carbocycles. The molecule has 0 aliphatic rings. The van der Waals surface area contributed by atoms with Gasteiger partial charge in [-0.2, -0.15) is 0 Å². The maximum atomic E-state index is 11.0. The number of rotatable bonds is 4. The van der Waals surface area contributed by atoms with E-state index in [9.17, 15) is 4.79 Å². The molecule has 4 N–H and O–H groups in total. The molecule has 0 atom stereocenters. The standard InChI is InChI=1S/C14H14N4OS/c1-9(19)16-10-4-2-5-11(8-10)17-13-7-3-6-12(18-13)14(15)20/h2-8H,1H3,(H2,15,20)(H,16,19)(H,17,18). The summed E-state index contributed by atoms with van der Waals surface area (Å²) >= 11 is 4.89. The van der Waals surface area contributed by atoms with Crippen molar-refractivity contribution in [2.45, 2.75) is 6.92 Å². The van der Waals surface area contributed by atoms with Crippen LogP contribution in [-0.2, 0) is 4.79 Å². The molecule has 1 aromatic carbocycles. The summed E-state index contributed by atoms with van der Waals surface area (Å²) in [7, 11) is 0. The first-order chi connectivity index (χ1) is 9.54. The summed E-state index contributed by atoms with van der Waals surface area (Å²) in [4.78, 5) is 15.6. The van der Waals surface area contributed by atoms with E-state index >= 15 is 0 Å². The van der Waals surface area contributed by atoms with Crippen molar-refractivity contribution in [3.8, 4) is 0 Å². The highest BCUT2D eigenvalue weighted by Gasteiger charge is 2.02. The number of carbonyl (C=O) groups excluding carboxylic acids is 1. The highest BCUT2D eigenvalue weighted by Crippen LogP contribution is 2.19. The molecule has 0 aliphatic carbocycles. The topological polar surface area (TPSA) is 80.0 Å². The van der Waals surface area contributed by atoms with Crippen LogP contribution in [0.25, 0.3) is 0 Å². The van der Waals surface area contributed by atoms with Crippen molar-refractivity contribution >= 4 is 40.3 Å². The van der Waals surface area contributed by atoms with Crippen molar-refractivity contribution < 1.29 is 4.79 Å². The maximum absolute atomic E-state index is 11.0. The van der Waals surface area contributed by atoms with E-state index in [1.54, 1.807) is 6.07 Å². The summed E-state index contributed by atoms with van der Waals surface area (Å²) in [6.45, 7) is 1.47. The first-order valence-corrected chi connectivity index (χ1v) is 6.37. The maximum Gasteiger partial charge on any atom is 0.221 e. The number of nitrogens with two attached hydrogens (primary N) is 1. The second-order valence-corrected chi connectivity index (χ2v) is 4.60. The number of anilines is 3. The molecule has 2 rings (SSSR count). The molecule has 1 amide bonds. The van der Waals surface area contributed by atoms with E-state index in [-0.39, 0.29) is 10.9 Å². The number of aromatic nitrogens is 1. The van der Waals surface area contributed by atoms with Gasteiger partial charge in [-0.25, -0.2) is 4.98 Å². The van der Waals surface area contributed by atoms with Gasteiger partial charge in [0.05, 0.1) is 5.69 Å². The number of nitrogens with zero attached hydrogens (tertiary/aromatic N) is 1. The molecule has 20 heavy (non-hydrogen) atoms. The zero-order valence-electron chi connectivity index (χ0n) is 10.9. The van der Waals surface area contributed by atoms with Crippen molar-refractivity contribution in [2.75, 3.05) is 10.6 Å². The van der Waals surface area contributed by atoms with Crippen molar-refractivity contribution in [3.05, 3.63) is 48.2 Å². The minimum atomic E-state index is -0.115. The third-order valence-electron chi connectivity index (χ3n) is 2.46. The van der Waals surface area contributed by atoms with E-state index in [1.807, 2.05) is 36.4 Å². The van der Waals surface area contributed by atoms with Crippen LogP contribution in [0.2, 0.25) is 0 Å². The van der Waals surface area contributed by atoms with Crippen molar-refractivity contribution in [2.24, 2.45) is 5.73 Å². The Morgan fingerprint density at radius 1 is 1.20 bits per heavy atom. The molecule has 6 heteroatoms. The van der Waals surface area contributed by atoms with Crippen LogP contribution in [0.5, 0.6) is 0 Å². The Morgan fingerprint density at radius 2 is 1.90 bits per heavy atom. The van der Waals surface area contributed by atoms with Crippen LogP contribution in [0.3, 0.4) is 0 Å². The molecular weight excluding hydrogens is 272 g/mol. The van der Waals surface area contributed by atoms with Crippen LogP contribution in [-0.4, -0.2) is 15.9 Å². The monoisotopic (exact) mass is 286 g/mol. The zero-order chi connectivity index (χ0) is 14.5. The van der Waals surface area contributed by atoms with Gasteiger partial charge in [0.2, 0.25) is 5.91 Å². The Bertz CT molecular complexity index is 657. The molecule has 0 spiro atoms. The highest BCUT2D eigenvalue weighted by molar-refractivity contribution is 7.80. The highest BCUT2D eigenvalue weighted by atomic mass is 32.1. The van der Waals surface area contributed by atoms with E-state index < -0.39 is 0 Å². The summed E-state index contributed by atoms with van der Waals surface area (Å²) in [6.07, 6.45) is 0. The van der Waals surface area contributed by atoms with Gasteiger partial charge in [0.25, 0.3) is 0 Å². The summed E-state index contributed by atoms with van der Waals surface area (Å²) in [5, 5.41) is 5.86. The first kappa shape index (κ1) is 14.0. The average molecular weight is 286 g/mol. The van der Waals surface area contributed by atoms with Gasteiger partial charge < -0.3 is 16.4 Å². The minimum absolute atomic E-state index is 0.115. The lowest BCUT2D eigenvalue weighted by Crippen LogP contribution is -2.12. The fourth-order valence-electron chi connectivity index (χ4n) is 1.67. The quantitative estimate of drug-likeness (QED) is 0.752. The summed E-state index contributed by atoms with van der Waals surface area (Å²) in [6, 6.07) is 12.7. The number of nitrogens with one attached hydrogen (secondary N) is 2. The smallest absolute Gasteiger partial charge is 0.221 e. The molecule has 102 valence electrons. The fraction of sp³-hybridized carbons (Fsp3) is 0.0714. The van der Waals surface area contributed by atoms with Crippen molar-refractivity contribution in [1.82, 2.24) is 4.98 Å².